The lowest BCUT2D eigenvalue weighted by Gasteiger charge is -2.06. The van der Waals surface area contributed by atoms with Crippen molar-refractivity contribution in [1.82, 2.24) is 0 Å². The molecule has 1 fully saturated rings. The number of nitrogens with one attached hydrogen (secondary N) is 1. The summed E-state index contributed by atoms with van der Waals surface area (Å²) in [5, 5.41) is 10.4. The maximum atomic E-state index is 11.6. The van der Waals surface area contributed by atoms with E-state index in [2.05, 4.69) is 4.72 Å². The molecule has 7 heteroatoms. The molecule has 0 saturated heterocycles. The highest BCUT2D eigenvalue weighted by molar-refractivity contribution is 7.92. The lowest BCUT2D eigenvalue weighted by molar-refractivity contribution is 0.0703. The minimum atomic E-state index is -3.40. The van der Waals surface area contributed by atoms with Crippen LogP contribution in [0, 0.1) is 5.92 Å². The van der Waals surface area contributed by atoms with Crippen LogP contribution in [0.4, 0.5) is 5.69 Å². The van der Waals surface area contributed by atoms with Gasteiger partial charge in [-0.2, -0.15) is 0 Å². The second-order valence-electron chi connectivity index (χ2n) is 3.80. The topological polar surface area (TPSA) is 83.5 Å². The molecule has 0 amide bonds. The Bertz CT molecular complexity index is 501. The van der Waals surface area contributed by atoms with Crippen LogP contribution in [-0.4, -0.2) is 25.2 Å². The molecule has 1 aliphatic rings. The zero-order valence-corrected chi connectivity index (χ0v) is 9.97. The van der Waals surface area contributed by atoms with E-state index in [1.54, 1.807) is 5.38 Å². The van der Waals surface area contributed by atoms with Gasteiger partial charge < -0.3 is 5.11 Å². The second-order valence-corrected chi connectivity index (χ2v) is 6.48. The molecule has 0 atom stereocenters. The smallest absolute Gasteiger partial charge is 0.348 e. The summed E-state index contributed by atoms with van der Waals surface area (Å²) >= 11 is 1.01. The maximum Gasteiger partial charge on any atom is 0.348 e. The van der Waals surface area contributed by atoms with Crippen molar-refractivity contribution < 1.29 is 18.3 Å². The van der Waals surface area contributed by atoms with E-state index in [0.29, 0.717) is 0 Å². The number of thiophene rings is 1. The summed E-state index contributed by atoms with van der Waals surface area (Å²) in [7, 11) is -3.40. The van der Waals surface area contributed by atoms with Gasteiger partial charge in [-0.3, -0.25) is 4.72 Å². The molecule has 2 N–H and O–H groups in total. The fourth-order valence-electron chi connectivity index (χ4n) is 1.36. The van der Waals surface area contributed by atoms with E-state index in [9.17, 15) is 13.2 Å². The molecule has 0 aliphatic heterocycles. The fraction of sp³-hybridized carbons (Fsp3) is 0.444. The molecule has 0 unspecified atom stereocenters. The monoisotopic (exact) mass is 261 g/mol. The van der Waals surface area contributed by atoms with E-state index in [-0.39, 0.29) is 22.2 Å². The number of hydrogen-bond donors (Lipinski definition) is 2. The van der Waals surface area contributed by atoms with Crippen LogP contribution in [0.15, 0.2) is 11.4 Å². The van der Waals surface area contributed by atoms with Gasteiger partial charge in [-0.1, -0.05) is 0 Å². The standard InChI is InChI=1S/C9H11NO4S2/c11-9(12)8-7(3-4-15-8)10-16(13,14)5-6-1-2-6/h3-4,6,10H,1-2,5H2,(H,11,12). The lowest BCUT2D eigenvalue weighted by atomic mass is 10.4. The predicted molar refractivity (Wildman–Crippen MR) is 61.4 cm³/mol. The summed E-state index contributed by atoms with van der Waals surface area (Å²) < 4.78 is 25.6. The summed E-state index contributed by atoms with van der Waals surface area (Å²) in [6.45, 7) is 0. The van der Waals surface area contributed by atoms with Gasteiger partial charge in [0, 0.05) is 0 Å². The first kappa shape index (κ1) is 11.4. The van der Waals surface area contributed by atoms with Crippen LogP contribution >= 0.6 is 11.3 Å². The number of carbonyl (C=O) groups is 1. The first-order valence-electron chi connectivity index (χ1n) is 4.79. The van der Waals surface area contributed by atoms with Crippen molar-refractivity contribution >= 4 is 33.0 Å². The Morgan fingerprint density at radius 2 is 2.25 bits per heavy atom. The van der Waals surface area contributed by atoms with Gasteiger partial charge >= 0.3 is 5.97 Å². The van der Waals surface area contributed by atoms with Crippen LogP contribution in [0.1, 0.15) is 22.5 Å². The highest BCUT2D eigenvalue weighted by Crippen LogP contribution is 2.31. The second kappa shape index (κ2) is 4.06. The predicted octanol–water partition coefficient (Wildman–Crippen LogP) is 1.60. The molecule has 1 aromatic rings. The molecular formula is C9H11NO4S2. The van der Waals surface area contributed by atoms with Crippen LogP contribution < -0.4 is 4.72 Å². The van der Waals surface area contributed by atoms with E-state index < -0.39 is 16.0 Å². The molecule has 5 nitrogen and oxygen atoms in total. The summed E-state index contributed by atoms with van der Waals surface area (Å²) in [6.07, 6.45) is 1.88. The van der Waals surface area contributed by atoms with Gasteiger partial charge in [0.1, 0.15) is 4.88 Å². The maximum absolute atomic E-state index is 11.6. The molecular weight excluding hydrogens is 250 g/mol. The van der Waals surface area contributed by atoms with Gasteiger partial charge in [-0.15, -0.1) is 11.3 Å². The first-order chi connectivity index (χ1) is 7.48. The van der Waals surface area contributed by atoms with Crippen LogP contribution in [0.3, 0.4) is 0 Å². The summed E-state index contributed by atoms with van der Waals surface area (Å²) in [5.74, 6) is -0.787. The van der Waals surface area contributed by atoms with Crippen molar-refractivity contribution in [3.8, 4) is 0 Å². The van der Waals surface area contributed by atoms with Gasteiger partial charge in [0.15, 0.2) is 0 Å². The highest BCUT2D eigenvalue weighted by atomic mass is 32.2. The third-order valence-electron chi connectivity index (χ3n) is 2.28. The average molecular weight is 261 g/mol. The van der Waals surface area contributed by atoms with Crippen LogP contribution in [0.5, 0.6) is 0 Å². The number of sulfonamides is 1. The van der Waals surface area contributed by atoms with Crippen molar-refractivity contribution in [3.05, 3.63) is 16.3 Å². The molecule has 0 spiro atoms. The molecule has 0 radical (unpaired) electrons. The van der Waals surface area contributed by atoms with Crippen LogP contribution in [-0.2, 0) is 10.0 Å². The van der Waals surface area contributed by atoms with Crippen molar-refractivity contribution in [2.75, 3.05) is 10.5 Å². The molecule has 1 heterocycles. The Hall–Kier alpha value is -1.08. The van der Waals surface area contributed by atoms with Crippen molar-refractivity contribution in [2.24, 2.45) is 5.92 Å². The van der Waals surface area contributed by atoms with E-state index >= 15 is 0 Å². The van der Waals surface area contributed by atoms with E-state index in [1.807, 2.05) is 0 Å². The first-order valence-corrected chi connectivity index (χ1v) is 7.32. The molecule has 16 heavy (non-hydrogen) atoms. The largest absolute Gasteiger partial charge is 0.477 e. The van der Waals surface area contributed by atoms with Gasteiger partial charge in [-0.25, -0.2) is 13.2 Å². The summed E-state index contributed by atoms with van der Waals surface area (Å²) in [4.78, 5) is 10.8. The van der Waals surface area contributed by atoms with E-state index in [0.717, 1.165) is 24.2 Å². The van der Waals surface area contributed by atoms with E-state index in [4.69, 9.17) is 5.11 Å². The molecule has 1 aliphatic carbocycles. The number of anilines is 1. The third kappa shape index (κ3) is 2.73. The molecule has 88 valence electrons. The molecule has 1 aromatic heterocycles. The van der Waals surface area contributed by atoms with Crippen LogP contribution in [0.25, 0.3) is 0 Å². The summed E-state index contributed by atoms with van der Waals surface area (Å²) in [5.41, 5.74) is 0.165. The fourth-order valence-corrected chi connectivity index (χ4v) is 3.65. The Labute approximate surface area is 97.2 Å². The normalized spacial score (nSPS) is 16.0. The highest BCUT2D eigenvalue weighted by Gasteiger charge is 2.28. The van der Waals surface area contributed by atoms with Crippen molar-refractivity contribution in [1.29, 1.82) is 0 Å². The van der Waals surface area contributed by atoms with Gasteiger partial charge in [0.05, 0.1) is 11.4 Å². The minimum Gasteiger partial charge on any atom is -0.477 e. The molecule has 2 rings (SSSR count). The SMILES string of the molecule is O=C(O)c1sccc1NS(=O)(=O)CC1CC1. The van der Waals surface area contributed by atoms with Gasteiger partial charge in [0.2, 0.25) is 10.0 Å². The summed E-state index contributed by atoms with van der Waals surface area (Å²) in [6, 6.07) is 1.47. The Morgan fingerprint density at radius 1 is 1.56 bits per heavy atom. The van der Waals surface area contributed by atoms with Crippen molar-refractivity contribution in [3.63, 3.8) is 0 Å². The van der Waals surface area contributed by atoms with Gasteiger partial charge in [-0.05, 0) is 30.2 Å². The zero-order valence-electron chi connectivity index (χ0n) is 8.34. The number of rotatable bonds is 5. The Kier molecular flexibility index (Phi) is 2.90. The Morgan fingerprint density at radius 3 is 2.81 bits per heavy atom. The lowest BCUT2D eigenvalue weighted by Crippen LogP contribution is -2.18. The van der Waals surface area contributed by atoms with Crippen LogP contribution in [0.2, 0.25) is 0 Å². The average Bonchev–Trinajstić information content (AvgIpc) is 2.80. The quantitative estimate of drug-likeness (QED) is 0.843. The molecule has 0 aromatic carbocycles. The van der Waals surface area contributed by atoms with Gasteiger partial charge in [0.25, 0.3) is 0 Å². The third-order valence-corrected chi connectivity index (χ3v) is 4.62. The van der Waals surface area contributed by atoms with E-state index in [1.165, 1.54) is 6.07 Å². The number of hydrogen-bond acceptors (Lipinski definition) is 4. The zero-order chi connectivity index (χ0) is 11.8. The number of carboxylic acid groups (broad SMARTS) is 1. The minimum absolute atomic E-state index is 0.0272. The Balaban J connectivity index is 2.13. The number of carboxylic acids is 1. The molecule has 1 saturated carbocycles. The number of aromatic carboxylic acids is 1. The van der Waals surface area contributed by atoms with Crippen molar-refractivity contribution in [2.45, 2.75) is 12.8 Å². The molecule has 0 bridgehead atoms.